The molecular weight excluding hydrogens is 296 g/mol. The zero-order valence-corrected chi connectivity index (χ0v) is 14.0. The maximum absolute atomic E-state index is 13.3. The van der Waals surface area contributed by atoms with Gasteiger partial charge in [0.15, 0.2) is 5.78 Å². The molecular formula is C21H24N2O. The molecule has 0 N–H and O–H groups in total. The molecule has 0 aromatic heterocycles. The summed E-state index contributed by atoms with van der Waals surface area (Å²) in [7, 11) is 0. The van der Waals surface area contributed by atoms with Gasteiger partial charge in [0, 0.05) is 24.5 Å². The van der Waals surface area contributed by atoms with Crippen molar-refractivity contribution in [3.63, 3.8) is 0 Å². The summed E-state index contributed by atoms with van der Waals surface area (Å²) in [6.45, 7) is 1.97. The average Bonchev–Trinajstić information content (AvgIpc) is 3.32. The van der Waals surface area contributed by atoms with Crippen LogP contribution in [0.3, 0.4) is 0 Å². The van der Waals surface area contributed by atoms with Crippen LogP contribution in [0, 0.1) is 0 Å². The molecule has 3 heteroatoms. The van der Waals surface area contributed by atoms with Gasteiger partial charge in [0.05, 0.1) is 12.1 Å². The van der Waals surface area contributed by atoms with E-state index >= 15 is 0 Å². The van der Waals surface area contributed by atoms with Gasteiger partial charge in [0.2, 0.25) is 0 Å². The summed E-state index contributed by atoms with van der Waals surface area (Å²) in [4.78, 5) is 18.0. The Morgan fingerprint density at radius 2 is 1.12 bits per heavy atom. The molecule has 4 rings (SSSR count). The van der Waals surface area contributed by atoms with Crippen molar-refractivity contribution < 1.29 is 4.79 Å². The van der Waals surface area contributed by atoms with E-state index in [0.717, 1.165) is 38.8 Å². The third-order valence-electron chi connectivity index (χ3n) is 5.34. The van der Waals surface area contributed by atoms with Gasteiger partial charge in [-0.05, 0) is 49.9 Å². The van der Waals surface area contributed by atoms with Crippen LogP contribution >= 0.6 is 0 Å². The quantitative estimate of drug-likeness (QED) is 0.854. The average molecular weight is 320 g/mol. The Labute approximate surface area is 143 Å². The second-order valence-corrected chi connectivity index (χ2v) is 6.78. The van der Waals surface area contributed by atoms with Crippen molar-refractivity contribution in [3.8, 4) is 0 Å². The Balaban J connectivity index is 1.56. The number of benzene rings is 2. The van der Waals surface area contributed by atoms with Crippen LogP contribution in [0.25, 0.3) is 0 Å². The van der Waals surface area contributed by atoms with Crippen LogP contribution < -0.4 is 9.80 Å². The first kappa shape index (κ1) is 15.3. The number of rotatable bonds is 4. The summed E-state index contributed by atoms with van der Waals surface area (Å²) >= 11 is 0. The molecule has 0 saturated carbocycles. The number of carbonyl (C=O) groups is 1. The van der Waals surface area contributed by atoms with Crippen LogP contribution in [0.2, 0.25) is 0 Å². The molecule has 124 valence electrons. The topological polar surface area (TPSA) is 23.6 Å². The van der Waals surface area contributed by atoms with Gasteiger partial charge in [-0.3, -0.25) is 4.79 Å². The molecule has 2 aliphatic heterocycles. The van der Waals surface area contributed by atoms with Gasteiger partial charge in [-0.2, -0.15) is 0 Å². The third-order valence-corrected chi connectivity index (χ3v) is 5.34. The molecule has 0 spiro atoms. The van der Waals surface area contributed by atoms with Gasteiger partial charge in [-0.15, -0.1) is 0 Å². The number of anilines is 2. The van der Waals surface area contributed by atoms with E-state index in [0.29, 0.717) is 5.78 Å². The maximum atomic E-state index is 13.3. The Kier molecular flexibility index (Phi) is 4.24. The van der Waals surface area contributed by atoms with Gasteiger partial charge in [0.1, 0.15) is 0 Å². The molecule has 0 aliphatic carbocycles. The van der Waals surface area contributed by atoms with E-state index in [1.54, 1.807) is 0 Å². The van der Waals surface area contributed by atoms with E-state index in [4.69, 9.17) is 0 Å². The highest BCUT2D eigenvalue weighted by Crippen LogP contribution is 2.31. The Morgan fingerprint density at radius 3 is 1.54 bits per heavy atom. The van der Waals surface area contributed by atoms with Crippen LogP contribution in [-0.4, -0.2) is 31.0 Å². The largest absolute Gasteiger partial charge is 0.361 e. The normalized spacial score (nSPS) is 23.7. The Morgan fingerprint density at radius 1 is 0.708 bits per heavy atom. The summed E-state index contributed by atoms with van der Waals surface area (Å²) in [5.41, 5.74) is 2.36. The summed E-state index contributed by atoms with van der Waals surface area (Å²) in [6.07, 6.45) is 4.16. The van der Waals surface area contributed by atoms with Crippen LogP contribution in [0.4, 0.5) is 11.4 Å². The van der Waals surface area contributed by atoms with E-state index in [1.807, 2.05) is 12.1 Å². The number of para-hydroxylation sites is 2. The molecule has 24 heavy (non-hydrogen) atoms. The number of carbonyl (C=O) groups excluding carboxylic acids is 1. The van der Waals surface area contributed by atoms with Crippen LogP contribution in [0.1, 0.15) is 25.7 Å². The number of ketones is 1. The fourth-order valence-corrected chi connectivity index (χ4v) is 4.20. The Bertz CT molecular complexity index is 626. The molecule has 2 heterocycles. The molecule has 2 unspecified atom stereocenters. The highest BCUT2D eigenvalue weighted by Gasteiger charge is 2.39. The fourth-order valence-electron chi connectivity index (χ4n) is 4.20. The SMILES string of the molecule is O=C(C1CCCN1c1ccccc1)C1CCCN1c1ccccc1. The molecule has 2 fully saturated rings. The van der Waals surface area contributed by atoms with Gasteiger partial charge in [-0.1, -0.05) is 36.4 Å². The number of hydrogen-bond acceptors (Lipinski definition) is 3. The van der Waals surface area contributed by atoms with Gasteiger partial charge >= 0.3 is 0 Å². The van der Waals surface area contributed by atoms with E-state index in [9.17, 15) is 4.79 Å². The molecule has 2 aromatic carbocycles. The van der Waals surface area contributed by atoms with Crippen LogP contribution in [0.5, 0.6) is 0 Å². The van der Waals surface area contributed by atoms with E-state index < -0.39 is 0 Å². The smallest absolute Gasteiger partial charge is 0.177 e. The van der Waals surface area contributed by atoms with Gasteiger partial charge in [0.25, 0.3) is 0 Å². The molecule has 2 saturated heterocycles. The first-order valence-corrected chi connectivity index (χ1v) is 9.02. The lowest BCUT2D eigenvalue weighted by atomic mass is 10.00. The summed E-state index contributed by atoms with van der Waals surface area (Å²) in [6, 6.07) is 20.8. The lowest BCUT2D eigenvalue weighted by Crippen LogP contribution is -2.47. The second-order valence-electron chi connectivity index (χ2n) is 6.78. The van der Waals surface area contributed by atoms with Gasteiger partial charge in [-0.25, -0.2) is 0 Å². The monoisotopic (exact) mass is 320 g/mol. The number of nitrogens with zero attached hydrogens (tertiary/aromatic N) is 2. The lowest BCUT2D eigenvalue weighted by Gasteiger charge is -2.32. The summed E-state index contributed by atoms with van der Waals surface area (Å²) in [5.74, 6) is 0.401. The molecule has 2 aliphatic rings. The van der Waals surface area contributed by atoms with Crippen molar-refractivity contribution in [2.75, 3.05) is 22.9 Å². The summed E-state index contributed by atoms with van der Waals surface area (Å²) < 4.78 is 0. The predicted octanol–water partition coefficient (Wildman–Crippen LogP) is 3.89. The molecule has 0 radical (unpaired) electrons. The molecule has 2 atom stereocenters. The minimum atomic E-state index is 0.0294. The minimum absolute atomic E-state index is 0.0294. The molecule has 0 amide bonds. The lowest BCUT2D eigenvalue weighted by molar-refractivity contribution is -0.121. The molecule has 3 nitrogen and oxygen atoms in total. The Hall–Kier alpha value is -2.29. The van der Waals surface area contributed by atoms with Crippen molar-refractivity contribution in [2.45, 2.75) is 37.8 Å². The van der Waals surface area contributed by atoms with Gasteiger partial charge < -0.3 is 9.80 Å². The van der Waals surface area contributed by atoms with Crippen molar-refractivity contribution in [2.24, 2.45) is 0 Å². The maximum Gasteiger partial charge on any atom is 0.177 e. The van der Waals surface area contributed by atoms with E-state index in [1.165, 1.54) is 11.4 Å². The third kappa shape index (κ3) is 2.79. The summed E-state index contributed by atoms with van der Waals surface area (Å²) in [5, 5.41) is 0. The molecule has 0 bridgehead atoms. The first-order chi connectivity index (χ1) is 11.8. The van der Waals surface area contributed by atoms with Crippen LogP contribution in [-0.2, 0) is 4.79 Å². The highest BCUT2D eigenvalue weighted by molar-refractivity contribution is 5.95. The molecule has 2 aromatic rings. The number of hydrogen-bond donors (Lipinski definition) is 0. The fraction of sp³-hybridized carbons (Fsp3) is 0.381. The van der Waals surface area contributed by atoms with Crippen molar-refractivity contribution >= 4 is 17.2 Å². The first-order valence-electron chi connectivity index (χ1n) is 9.02. The van der Waals surface area contributed by atoms with E-state index in [-0.39, 0.29) is 12.1 Å². The number of Topliss-reactive ketones (excluding diaryl/α,β-unsaturated/α-hetero) is 1. The zero-order chi connectivity index (χ0) is 16.4. The second kappa shape index (κ2) is 6.68. The highest BCUT2D eigenvalue weighted by atomic mass is 16.1. The predicted molar refractivity (Wildman–Crippen MR) is 98.6 cm³/mol. The zero-order valence-electron chi connectivity index (χ0n) is 14.0. The van der Waals surface area contributed by atoms with Crippen molar-refractivity contribution in [3.05, 3.63) is 60.7 Å². The van der Waals surface area contributed by atoms with E-state index in [2.05, 4.69) is 58.3 Å². The minimum Gasteiger partial charge on any atom is -0.361 e. The van der Waals surface area contributed by atoms with Crippen molar-refractivity contribution in [1.82, 2.24) is 0 Å². The standard InChI is InChI=1S/C21H24N2O/c24-21(19-13-7-15-22(19)17-9-3-1-4-10-17)20-14-8-16-23(20)18-11-5-2-6-12-18/h1-6,9-12,19-20H,7-8,13-16H2. The van der Waals surface area contributed by atoms with Crippen LogP contribution in [0.15, 0.2) is 60.7 Å². The van der Waals surface area contributed by atoms with Crippen molar-refractivity contribution in [1.29, 1.82) is 0 Å².